The Morgan fingerprint density at radius 1 is 1.22 bits per heavy atom. The predicted molar refractivity (Wildman–Crippen MR) is 86.2 cm³/mol. The predicted octanol–water partition coefficient (Wildman–Crippen LogP) is 2.29. The summed E-state index contributed by atoms with van der Waals surface area (Å²) in [7, 11) is -2.07. The highest BCUT2D eigenvalue weighted by molar-refractivity contribution is 7.91. The highest BCUT2D eigenvalue weighted by Gasteiger charge is 2.24. The minimum Gasteiger partial charge on any atom is -0.315 e. The molecule has 1 aliphatic rings. The maximum absolute atomic E-state index is 13.6. The number of halogens is 1. The maximum Gasteiger partial charge on any atom is 0.237 e. The van der Waals surface area contributed by atoms with Crippen molar-refractivity contribution in [3.8, 4) is 0 Å². The van der Waals surface area contributed by atoms with Gasteiger partial charge in [0.25, 0.3) is 0 Å². The summed E-state index contributed by atoms with van der Waals surface area (Å²) < 4.78 is 40.4. The van der Waals surface area contributed by atoms with Gasteiger partial charge in [-0.3, -0.25) is 9.52 Å². The summed E-state index contributed by atoms with van der Waals surface area (Å²) in [6.07, 6.45) is 0.245. The first-order valence-corrected chi connectivity index (χ1v) is 8.64. The smallest absolute Gasteiger partial charge is 0.237 e. The third-order valence-electron chi connectivity index (χ3n) is 3.73. The van der Waals surface area contributed by atoms with E-state index in [2.05, 4.69) is 4.72 Å². The van der Waals surface area contributed by atoms with E-state index in [1.54, 1.807) is 31.3 Å². The number of benzene rings is 2. The van der Waals surface area contributed by atoms with Crippen LogP contribution in [-0.4, -0.2) is 21.4 Å². The average Bonchev–Trinajstić information content (AvgIpc) is 2.75. The number of sulfonamides is 1. The Morgan fingerprint density at radius 2 is 1.96 bits per heavy atom. The van der Waals surface area contributed by atoms with Crippen LogP contribution in [0.3, 0.4) is 0 Å². The van der Waals surface area contributed by atoms with Crippen LogP contribution in [0.15, 0.2) is 42.5 Å². The second-order valence-electron chi connectivity index (χ2n) is 5.43. The molecule has 1 N–H and O–H groups in total. The van der Waals surface area contributed by atoms with Crippen LogP contribution in [0.25, 0.3) is 0 Å². The molecule has 1 aliphatic heterocycles. The normalized spacial score (nSPS) is 14.0. The standard InChI is InChI=1S/C16H15FN2O3S/c1-19-15-7-6-13(8-12(15)9-16(19)20)18-23(21,22)10-11-4-2-3-5-14(11)17/h2-8,18H,9-10H2,1H3. The van der Waals surface area contributed by atoms with Crippen molar-refractivity contribution < 1.29 is 17.6 Å². The van der Waals surface area contributed by atoms with Crippen LogP contribution >= 0.6 is 0 Å². The second kappa shape index (κ2) is 5.66. The number of carbonyl (C=O) groups excluding carboxylic acids is 1. The van der Waals surface area contributed by atoms with Crippen molar-refractivity contribution in [1.29, 1.82) is 0 Å². The number of carbonyl (C=O) groups is 1. The minimum absolute atomic E-state index is 0.0358. The monoisotopic (exact) mass is 334 g/mol. The number of amides is 1. The van der Waals surface area contributed by atoms with Gasteiger partial charge in [0, 0.05) is 24.0 Å². The van der Waals surface area contributed by atoms with Crippen LogP contribution < -0.4 is 9.62 Å². The molecule has 1 amide bonds. The molecule has 0 saturated carbocycles. The van der Waals surface area contributed by atoms with Gasteiger partial charge in [-0.2, -0.15) is 0 Å². The number of hydrogen-bond acceptors (Lipinski definition) is 3. The van der Waals surface area contributed by atoms with E-state index >= 15 is 0 Å². The van der Waals surface area contributed by atoms with Crippen molar-refractivity contribution in [3.05, 3.63) is 59.4 Å². The second-order valence-corrected chi connectivity index (χ2v) is 7.15. The number of nitrogens with one attached hydrogen (secondary N) is 1. The number of hydrogen-bond donors (Lipinski definition) is 1. The van der Waals surface area contributed by atoms with E-state index in [0.29, 0.717) is 5.69 Å². The van der Waals surface area contributed by atoms with Crippen LogP contribution in [0.5, 0.6) is 0 Å². The SMILES string of the molecule is CN1C(=O)Cc2cc(NS(=O)(=O)Cc3ccccc3F)ccc21. The Balaban J connectivity index is 1.81. The van der Waals surface area contributed by atoms with Gasteiger partial charge in [-0.15, -0.1) is 0 Å². The van der Waals surface area contributed by atoms with Gasteiger partial charge in [0.2, 0.25) is 15.9 Å². The molecular weight excluding hydrogens is 319 g/mol. The van der Waals surface area contributed by atoms with E-state index < -0.39 is 21.6 Å². The molecule has 0 saturated heterocycles. The van der Waals surface area contributed by atoms with Gasteiger partial charge >= 0.3 is 0 Å². The summed E-state index contributed by atoms with van der Waals surface area (Å²) >= 11 is 0. The molecule has 0 unspecified atom stereocenters. The van der Waals surface area contributed by atoms with E-state index in [1.807, 2.05) is 0 Å². The third kappa shape index (κ3) is 3.19. The van der Waals surface area contributed by atoms with Gasteiger partial charge < -0.3 is 4.90 Å². The molecule has 120 valence electrons. The molecule has 0 spiro atoms. The van der Waals surface area contributed by atoms with Gasteiger partial charge in [0.05, 0.1) is 12.2 Å². The van der Waals surface area contributed by atoms with Crippen LogP contribution in [0.2, 0.25) is 0 Å². The number of anilines is 2. The Bertz CT molecular complexity index is 881. The molecule has 5 nitrogen and oxygen atoms in total. The van der Waals surface area contributed by atoms with Crippen LogP contribution in [-0.2, 0) is 27.0 Å². The first kappa shape index (κ1) is 15.5. The molecule has 2 aromatic rings. The first-order valence-electron chi connectivity index (χ1n) is 6.99. The fraction of sp³-hybridized carbons (Fsp3) is 0.188. The summed E-state index contributed by atoms with van der Waals surface area (Å²) in [6, 6.07) is 10.7. The molecule has 0 bridgehead atoms. The third-order valence-corrected chi connectivity index (χ3v) is 4.97. The molecule has 1 heterocycles. The van der Waals surface area contributed by atoms with Gasteiger partial charge in [0.1, 0.15) is 5.82 Å². The zero-order valence-corrected chi connectivity index (χ0v) is 13.2. The van der Waals surface area contributed by atoms with E-state index in [4.69, 9.17) is 0 Å². The molecule has 2 aromatic carbocycles. The molecule has 3 rings (SSSR count). The quantitative estimate of drug-likeness (QED) is 0.933. The summed E-state index contributed by atoms with van der Waals surface area (Å²) in [5.41, 5.74) is 2.01. The topological polar surface area (TPSA) is 66.5 Å². The average molecular weight is 334 g/mol. The zero-order valence-electron chi connectivity index (χ0n) is 12.4. The fourth-order valence-corrected chi connectivity index (χ4v) is 3.77. The zero-order chi connectivity index (χ0) is 16.6. The highest BCUT2D eigenvalue weighted by atomic mass is 32.2. The molecule has 0 radical (unpaired) electrons. The van der Waals surface area contributed by atoms with Gasteiger partial charge in [-0.1, -0.05) is 18.2 Å². The van der Waals surface area contributed by atoms with Crippen molar-refractivity contribution in [3.63, 3.8) is 0 Å². The lowest BCUT2D eigenvalue weighted by molar-refractivity contribution is -0.117. The van der Waals surface area contributed by atoms with Crippen LogP contribution in [0.1, 0.15) is 11.1 Å². The number of likely N-dealkylation sites (N-methyl/N-ethyl adjacent to an activating group) is 1. The van der Waals surface area contributed by atoms with Gasteiger partial charge in [0.15, 0.2) is 0 Å². The number of rotatable bonds is 4. The van der Waals surface area contributed by atoms with E-state index in [-0.39, 0.29) is 17.9 Å². The lowest BCUT2D eigenvalue weighted by Crippen LogP contribution is -2.20. The molecule has 0 aliphatic carbocycles. The molecule has 23 heavy (non-hydrogen) atoms. The van der Waals surface area contributed by atoms with Gasteiger partial charge in [-0.25, -0.2) is 12.8 Å². The molecular formula is C16H15FN2O3S. The summed E-state index contributed by atoms with van der Waals surface area (Å²) in [4.78, 5) is 13.2. The Labute approximate surface area is 133 Å². The summed E-state index contributed by atoms with van der Waals surface area (Å²) in [6.45, 7) is 0. The lowest BCUT2D eigenvalue weighted by Gasteiger charge is -2.12. The Morgan fingerprint density at radius 3 is 2.70 bits per heavy atom. The number of fused-ring (bicyclic) bond motifs is 1. The Hall–Kier alpha value is -2.41. The number of nitrogens with zero attached hydrogens (tertiary/aromatic N) is 1. The van der Waals surface area contributed by atoms with Gasteiger partial charge in [-0.05, 0) is 29.8 Å². The molecule has 0 atom stereocenters. The lowest BCUT2D eigenvalue weighted by atomic mass is 10.1. The van der Waals surface area contributed by atoms with Crippen LogP contribution in [0, 0.1) is 5.82 Å². The minimum atomic E-state index is -3.74. The van der Waals surface area contributed by atoms with E-state index in [1.165, 1.54) is 23.1 Å². The van der Waals surface area contributed by atoms with Crippen molar-refractivity contribution in [2.45, 2.75) is 12.2 Å². The van der Waals surface area contributed by atoms with Crippen molar-refractivity contribution in [1.82, 2.24) is 0 Å². The Kier molecular flexibility index (Phi) is 3.81. The maximum atomic E-state index is 13.6. The summed E-state index contributed by atoms with van der Waals surface area (Å²) in [5, 5.41) is 0. The molecule has 0 aromatic heterocycles. The molecule has 7 heteroatoms. The van der Waals surface area contributed by atoms with Crippen molar-refractivity contribution >= 4 is 27.3 Å². The largest absolute Gasteiger partial charge is 0.315 e. The van der Waals surface area contributed by atoms with E-state index in [9.17, 15) is 17.6 Å². The van der Waals surface area contributed by atoms with Crippen molar-refractivity contribution in [2.24, 2.45) is 0 Å². The van der Waals surface area contributed by atoms with E-state index in [0.717, 1.165) is 11.3 Å². The summed E-state index contributed by atoms with van der Waals surface area (Å²) in [5.74, 6) is -1.04. The van der Waals surface area contributed by atoms with Crippen molar-refractivity contribution in [2.75, 3.05) is 16.7 Å². The van der Waals surface area contributed by atoms with Crippen LogP contribution in [0.4, 0.5) is 15.8 Å². The first-order chi connectivity index (χ1) is 10.9. The molecule has 0 fully saturated rings. The fourth-order valence-electron chi connectivity index (χ4n) is 2.57. The highest BCUT2D eigenvalue weighted by Crippen LogP contribution is 2.30.